The van der Waals surface area contributed by atoms with Gasteiger partial charge in [0.2, 0.25) is 10.0 Å². The fourth-order valence-corrected chi connectivity index (χ4v) is 5.44. The first kappa shape index (κ1) is 24.5. The first-order valence-corrected chi connectivity index (χ1v) is 12.9. The molecule has 0 bridgehead atoms. The monoisotopic (exact) mass is 515 g/mol. The quantitative estimate of drug-likeness (QED) is 0.509. The van der Waals surface area contributed by atoms with Gasteiger partial charge in [0.1, 0.15) is 4.90 Å². The number of benzene rings is 2. The molecule has 0 aliphatic carbocycles. The molecule has 7 nitrogen and oxygen atoms in total. The molecule has 10 heteroatoms. The van der Waals surface area contributed by atoms with E-state index >= 15 is 0 Å². The van der Waals surface area contributed by atoms with E-state index in [2.05, 4.69) is 25.6 Å². The number of nitriles is 1. The van der Waals surface area contributed by atoms with Gasteiger partial charge in [-0.25, -0.2) is 13.1 Å². The minimum atomic E-state index is -3.61. The second-order valence-electron chi connectivity index (χ2n) is 7.93. The predicted octanol–water partition coefficient (Wildman–Crippen LogP) is 4.10. The fraction of sp³-hybridized carbons (Fsp3) is 0.250. The standard InChI is InChI=1S/C24H23Cl2N5O2S/c25-20-6-4-19(5-7-20)24-17-30(11-10-29-34(32,33)21-2-1-9-28-16-21)12-13-31(24)23-8-3-18(15-27)14-22(23)26/h1-9,14,16,24,29H,10-13,17H2/t24-/m0/s1. The van der Waals surface area contributed by atoms with Crippen LogP contribution in [0.25, 0.3) is 0 Å². The van der Waals surface area contributed by atoms with Crippen LogP contribution in [0.4, 0.5) is 5.69 Å². The number of rotatable bonds is 7. The number of nitrogens with zero attached hydrogens (tertiary/aromatic N) is 4. The van der Waals surface area contributed by atoms with Crippen molar-refractivity contribution in [3.05, 3.63) is 88.2 Å². The molecule has 0 radical (unpaired) electrons. The van der Waals surface area contributed by atoms with E-state index in [4.69, 9.17) is 23.2 Å². The van der Waals surface area contributed by atoms with Gasteiger partial charge in [-0.05, 0) is 48.0 Å². The van der Waals surface area contributed by atoms with E-state index in [1.807, 2.05) is 30.3 Å². The smallest absolute Gasteiger partial charge is 0.242 e. The molecule has 1 N–H and O–H groups in total. The number of aromatic nitrogens is 1. The molecule has 0 unspecified atom stereocenters. The van der Waals surface area contributed by atoms with E-state index in [1.54, 1.807) is 18.2 Å². The Morgan fingerprint density at radius 1 is 1.12 bits per heavy atom. The summed E-state index contributed by atoms with van der Waals surface area (Å²) in [6.45, 7) is 2.93. The highest BCUT2D eigenvalue weighted by molar-refractivity contribution is 7.89. The van der Waals surface area contributed by atoms with Crippen molar-refractivity contribution in [2.24, 2.45) is 0 Å². The Kier molecular flexibility index (Phi) is 7.71. The Morgan fingerprint density at radius 2 is 1.91 bits per heavy atom. The maximum Gasteiger partial charge on any atom is 0.242 e. The molecule has 0 saturated carbocycles. The Hall–Kier alpha value is -2.67. The van der Waals surface area contributed by atoms with Gasteiger partial charge >= 0.3 is 0 Å². The van der Waals surface area contributed by atoms with Crippen LogP contribution in [0.15, 0.2) is 71.9 Å². The maximum absolute atomic E-state index is 12.5. The van der Waals surface area contributed by atoms with E-state index in [9.17, 15) is 13.7 Å². The van der Waals surface area contributed by atoms with Crippen molar-refractivity contribution in [3.8, 4) is 6.07 Å². The lowest BCUT2D eigenvalue weighted by atomic mass is 10.0. The normalized spacial score (nSPS) is 16.9. The molecule has 176 valence electrons. The summed E-state index contributed by atoms with van der Waals surface area (Å²) in [5.74, 6) is 0. The van der Waals surface area contributed by atoms with Crippen molar-refractivity contribution in [2.75, 3.05) is 37.6 Å². The third kappa shape index (κ3) is 5.69. The summed E-state index contributed by atoms with van der Waals surface area (Å²) in [7, 11) is -3.61. The first-order chi connectivity index (χ1) is 16.4. The van der Waals surface area contributed by atoms with Gasteiger partial charge < -0.3 is 4.90 Å². The highest BCUT2D eigenvalue weighted by atomic mass is 35.5. The average Bonchev–Trinajstić information content (AvgIpc) is 2.85. The maximum atomic E-state index is 12.5. The van der Waals surface area contributed by atoms with Gasteiger partial charge in [0.15, 0.2) is 0 Å². The van der Waals surface area contributed by atoms with Gasteiger partial charge in [-0.1, -0.05) is 35.3 Å². The number of hydrogen-bond donors (Lipinski definition) is 1. The molecule has 2 aromatic carbocycles. The topological polar surface area (TPSA) is 89.3 Å². The Morgan fingerprint density at radius 3 is 2.59 bits per heavy atom. The van der Waals surface area contributed by atoms with Crippen LogP contribution in [-0.2, 0) is 10.0 Å². The van der Waals surface area contributed by atoms with E-state index in [1.165, 1.54) is 18.5 Å². The fourth-order valence-electron chi connectivity index (χ4n) is 4.04. The Labute approximate surface area is 209 Å². The van der Waals surface area contributed by atoms with Crippen LogP contribution in [0.3, 0.4) is 0 Å². The van der Waals surface area contributed by atoms with Crippen LogP contribution >= 0.6 is 23.2 Å². The van der Waals surface area contributed by atoms with Crippen molar-refractivity contribution >= 4 is 38.9 Å². The van der Waals surface area contributed by atoms with Crippen molar-refractivity contribution in [3.63, 3.8) is 0 Å². The lowest BCUT2D eigenvalue weighted by Gasteiger charge is -2.43. The van der Waals surface area contributed by atoms with Crippen molar-refractivity contribution < 1.29 is 8.42 Å². The molecule has 1 aliphatic rings. The summed E-state index contributed by atoms with van der Waals surface area (Å²) in [4.78, 5) is 8.47. The molecule has 0 amide bonds. The second-order valence-corrected chi connectivity index (χ2v) is 10.5. The number of halogens is 2. The van der Waals surface area contributed by atoms with Crippen molar-refractivity contribution in [1.29, 1.82) is 5.26 Å². The molecule has 4 rings (SSSR count). The zero-order valence-electron chi connectivity index (χ0n) is 18.2. The lowest BCUT2D eigenvalue weighted by Crippen LogP contribution is -2.50. The summed E-state index contributed by atoms with van der Waals surface area (Å²) in [6, 6.07) is 18.2. The number of pyridine rings is 1. The number of sulfonamides is 1. The molecular formula is C24H23Cl2N5O2S. The Bertz CT molecular complexity index is 1280. The molecule has 34 heavy (non-hydrogen) atoms. The SMILES string of the molecule is N#Cc1ccc(N2CCN(CCNS(=O)(=O)c3cccnc3)C[C@H]2c2ccc(Cl)cc2)c(Cl)c1. The summed E-state index contributed by atoms with van der Waals surface area (Å²) in [5, 5.41) is 10.4. The lowest BCUT2D eigenvalue weighted by molar-refractivity contribution is 0.227. The molecular weight excluding hydrogens is 493 g/mol. The molecule has 1 aliphatic heterocycles. The molecule has 1 aromatic heterocycles. The molecule has 1 atom stereocenters. The Balaban J connectivity index is 1.50. The van der Waals surface area contributed by atoms with Crippen LogP contribution in [0.2, 0.25) is 10.0 Å². The minimum absolute atomic E-state index is 0.0219. The van der Waals surface area contributed by atoms with E-state index in [0.29, 0.717) is 35.2 Å². The minimum Gasteiger partial charge on any atom is -0.361 e. The summed E-state index contributed by atoms with van der Waals surface area (Å²) < 4.78 is 27.6. The molecule has 3 aromatic rings. The van der Waals surface area contributed by atoms with E-state index < -0.39 is 10.0 Å². The number of anilines is 1. The third-order valence-electron chi connectivity index (χ3n) is 5.77. The van der Waals surface area contributed by atoms with Crippen LogP contribution in [0, 0.1) is 11.3 Å². The van der Waals surface area contributed by atoms with Crippen LogP contribution in [0.1, 0.15) is 17.2 Å². The van der Waals surface area contributed by atoms with Gasteiger partial charge in [0.05, 0.1) is 28.4 Å². The van der Waals surface area contributed by atoms with Crippen molar-refractivity contribution in [2.45, 2.75) is 10.9 Å². The van der Waals surface area contributed by atoms with Gasteiger partial charge in [0, 0.05) is 50.1 Å². The first-order valence-electron chi connectivity index (χ1n) is 10.7. The van der Waals surface area contributed by atoms with Gasteiger partial charge in [-0.2, -0.15) is 5.26 Å². The average molecular weight is 516 g/mol. The highest BCUT2D eigenvalue weighted by Crippen LogP contribution is 2.36. The zero-order valence-corrected chi connectivity index (χ0v) is 20.6. The largest absolute Gasteiger partial charge is 0.361 e. The van der Waals surface area contributed by atoms with Crippen LogP contribution in [-0.4, -0.2) is 51.0 Å². The van der Waals surface area contributed by atoms with Crippen molar-refractivity contribution in [1.82, 2.24) is 14.6 Å². The summed E-state index contributed by atoms with van der Waals surface area (Å²) in [5.41, 5.74) is 2.44. The molecule has 0 spiro atoms. The van der Waals surface area contributed by atoms with Crippen LogP contribution < -0.4 is 9.62 Å². The van der Waals surface area contributed by atoms with Gasteiger partial charge in [-0.3, -0.25) is 9.88 Å². The number of piperazine rings is 1. The third-order valence-corrected chi connectivity index (χ3v) is 7.77. The number of nitrogens with one attached hydrogen (secondary N) is 1. The van der Waals surface area contributed by atoms with Crippen LogP contribution in [0.5, 0.6) is 0 Å². The summed E-state index contributed by atoms with van der Waals surface area (Å²) >= 11 is 12.6. The van der Waals surface area contributed by atoms with Gasteiger partial charge in [-0.15, -0.1) is 0 Å². The van der Waals surface area contributed by atoms with E-state index in [-0.39, 0.29) is 17.5 Å². The highest BCUT2D eigenvalue weighted by Gasteiger charge is 2.30. The van der Waals surface area contributed by atoms with E-state index in [0.717, 1.165) is 17.8 Å². The zero-order chi connectivity index (χ0) is 24.1. The number of hydrogen-bond acceptors (Lipinski definition) is 6. The molecule has 1 fully saturated rings. The predicted molar refractivity (Wildman–Crippen MR) is 134 cm³/mol. The van der Waals surface area contributed by atoms with Gasteiger partial charge in [0.25, 0.3) is 0 Å². The molecule has 2 heterocycles. The summed E-state index contributed by atoms with van der Waals surface area (Å²) in [6.07, 6.45) is 2.87. The second kappa shape index (κ2) is 10.7. The molecule has 1 saturated heterocycles.